The van der Waals surface area contributed by atoms with Gasteiger partial charge in [-0.1, -0.05) is 30.3 Å². The van der Waals surface area contributed by atoms with Crippen molar-refractivity contribution in [2.24, 2.45) is 5.73 Å². The number of hydrogen-bond donors (Lipinski definition) is 8. The molecule has 0 radical (unpaired) electrons. The summed E-state index contributed by atoms with van der Waals surface area (Å²) in [6, 6.07) is 3.30. The van der Waals surface area contributed by atoms with Crippen LogP contribution in [0.1, 0.15) is 24.1 Å². The quantitative estimate of drug-likeness (QED) is 0.128. The number of aliphatic hydroxyl groups excluding tert-OH is 1. The molecule has 4 atom stereocenters. The number of aliphatic carboxylic acids is 2. The summed E-state index contributed by atoms with van der Waals surface area (Å²) in [7, 11) is 0. The van der Waals surface area contributed by atoms with Gasteiger partial charge in [-0.3, -0.25) is 19.2 Å². The molecule has 0 aliphatic carbocycles. The first-order valence-corrected chi connectivity index (χ1v) is 11.3. The number of aliphatic hydroxyl groups is 1. The Hall–Kier alpha value is -4.30. The van der Waals surface area contributed by atoms with Crippen molar-refractivity contribution in [1.82, 2.24) is 25.9 Å². The molecule has 3 amide bonds. The highest BCUT2D eigenvalue weighted by atomic mass is 16.4. The molecule has 0 aliphatic heterocycles. The summed E-state index contributed by atoms with van der Waals surface area (Å²) in [5.41, 5.74) is 6.77. The van der Waals surface area contributed by atoms with Crippen LogP contribution in [0.4, 0.5) is 0 Å². The highest BCUT2D eigenvalue weighted by molar-refractivity contribution is 5.94. The van der Waals surface area contributed by atoms with E-state index < -0.39 is 60.4 Å². The molecule has 0 saturated carbocycles. The maximum atomic E-state index is 13.1. The molecule has 14 nitrogen and oxygen atoms in total. The van der Waals surface area contributed by atoms with Crippen LogP contribution in [0.2, 0.25) is 0 Å². The van der Waals surface area contributed by atoms with Crippen LogP contribution >= 0.6 is 0 Å². The number of H-pyrrole nitrogens is 1. The summed E-state index contributed by atoms with van der Waals surface area (Å²) in [6.45, 7) is -0.833. The van der Waals surface area contributed by atoms with Crippen LogP contribution in [0.25, 0.3) is 0 Å². The number of nitrogens with one attached hydrogen (secondary N) is 4. The van der Waals surface area contributed by atoms with Crippen molar-refractivity contribution in [3.8, 4) is 0 Å². The van der Waals surface area contributed by atoms with Crippen molar-refractivity contribution in [3.63, 3.8) is 0 Å². The van der Waals surface area contributed by atoms with E-state index in [1.165, 1.54) is 12.5 Å². The number of carbonyl (C=O) groups is 5. The zero-order valence-electron chi connectivity index (χ0n) is 19.8. The van der Waals surface area contributed by atoms with Gasteiger partial charge < -0.3 is 42.0 Å². The summed E-state index contributed by atoms with van der Waals surface area (Å²) in [5.74, 6) is -5.03. The fourth-order valence-corrected chi connectivity index (χ4v) is 3.30. The molecule has 0 fully saturated rings. The fourth-order valence-electron chi connectivity index (χ4n) is 3.30. The molecule has 0 spiro atoms. The Bertz CT molecular complexity index is 1060. The van der Waals surface area contributed by atoms with Crippen LogP contribution in [-0.4, -0.2) is 85.7 Å². The lowest BCUT2D eigenvalue weighted by molar-refractivity contribution is -0.142. The smallest absolute Gasteiger partial charge is 0.326 e. The molecule has 14 heteroatoms. The van der Waals surface area contributed by atoms with Gasteiger partial charge in [0, 0.05) is 31.2 Å². The first-order valence-electron chi connectivity index (χ1n) is 11.3. The monoisotopic (exact) mass is 518 g/mol. The van der Waals surface area contributed by atoms with Crippen LogP contribution in [0.3, 0.4) is 0 Å². The number of aromatic amines is 1. The molecular weight excluding hydrogens is 488 g/mol. The predicted molar refractivity (Wildman–Crippen MR) is 128 cm³/mol. The second kappa shape index (κ2) is 14.3. The van der Waals surface area contributed by atoms with Gasteiger partial charge in [0.05, 0.1) is 19.0 Å². The largest absolute Gasteiger partial charge is 0.481 e. The maximum Gasteiger partial charge on any atom is 0.326 e. The maximum absolute atomic E-state index is 13.1. The van der Waals surface area contributed by atoms with E-state index >= 15 is 0 Å². The number of rotatable bonds is 15. The van der Waals surface area contributed by atoms with E-state index in [2.05, 4.69) is 25.9 Å². The van der Waals surface area contributed by atoms with E-state index in [1.807, 2.05) is 0 Å². The normalized spacial score (nSPS) is 14.0. The number of hydrogen-bond acceptors (Lipinski definition) is 8. The van der Waals surface area contributed by atoms with E-state index in [-0.39, 0.29) is 25.7 Å². The summed E-state index contributed by atoms with van der Waals surface area (Å²) >= 11 is 0. The molecule has 1 aromatic heterocycles. The molecule has 9 N–H and O–H groups in total. The summed E-state index contributed by atoms with van der Waals surface area (Å²) in [5, 5.41) is 35.0. The van der Waals surface area contributed by atoms with Gasteiger partial charge in [0.15, 0.2) is 0 Å². The predicted octanol–water partition coefficient (Wildman–Crippen LogP) is -2.08. The molecule has 1 heterocycles. The van der Waals surface area contributed by atoms with E-state index in [9.17, 15) is 34.2 Å². The van der Waals surface area contributed by atoms with Crippen LogP contribution in [0.5, 0.6) is 0 Å². The third-order valence-corrected chi connectivity index (χ3v) is 5.33. The average Bonchev–Trinajstić information content (AvgIpc) is 3.38. The molecule has 37 heavy (non-hydrogen) atoms. The second-order valence-electron chi connectivity index (χ2n) is 8.21. The Morgan fingerprint density at radius 3 is 2.08 bits per heavy atom. The molecule has 2 aromatic rings. The summed E-state index contributed by atoms with van der Waals surface area (Å²) in [6.07, 6.45) is 2.13. The highest BCUT2D eigenvalue weighted by Gasteiger charge is 2.30. The van der Waals surface area contributed by atoms with Crippen LogP contribution in [-0.2, 0) is 36.8 Å². The second-order valence-corrected chi connectivity index (χ2v) is 8.21. The Morgan fingerprint density at radius 2 is 1.51 bits per heavy atom. The minimum Gasteiger partial charge on any atom is -0.481 e. The van der Waals surface area contributed by atoms with Crippen molar-refractivity contribution in [2.75, 3.05) is 6.61 Å². The lowest BCUT2D eigenvalue weighted by Crippen LogP contribution is -2.58. The van der Waals surface area contributed by atoms with E-state index in [0.29, 0.717) is 11.3 Å². The van der Waals surface area contributed by atoms with Gasteiger partial charge >= 0.3 is 11.9 Å². The van der Waals surface area contributed by atoms with E-state index in [4.69, 9.17) is 10.8 Å². The Morgan fingerprint density at radius 1 is 0.892 bits per heavy atom. The number of amides is 3. The zero-order valence-corrected chi connectivity index (χ0v) is 19.8. The van der Waals surface area contributed by atoms with Crippen molar-refractivity contribution >= 4 is 29.7 Å². The Balaban J connectivity index is 2.13. The van der Waals surface area contributed by atoms with Gasteiger partial charge in [-0.25, -0.2) is 9.78 Å². The van der Waals surface area contributed by atoms with Gasteiger partial charge in [-0.2, -0.15) is 0 Å². The molecule has 2 rings (SSSR count). The number of carboxylic acids is 2. The molecule has 0 aliphatic rings. The number of aromatic nitrogens is 2. The number of imidazole rings is 1. The van der Waals surface area contributed by atoms with Gasteiger partial charge in [0.25, 0.3) is 0 Å². The minimum absolute atomic E-state index is 0.0149. The third-order valence-electron chi connectivity index (χ3n) is 5.33. The molecule has 0 bridgehead atoms. The van der Waals surface area contributed by atoms with Gasteiger partial charge in [0.1, 0.15) is 18.1 Å². The summed E-state index contributed by atoms with van der Waals surface area (Å²) < 4.78 is 0. The van der Waals surface area contributed by atoms with Crippen LogP contribution in [0, 0.1) is 0 Å². The van der Waals surface area contributed by atoms with Crippen molar-refractivity contribution < 1.29 is 39.3 Å². The number of nitrogens with two attached hydrogens (primary N) is 1. The minimum atomic E-state index is -1.49. The molecule has 200 valence electrons. The van der Waals surface area contributed by atoms with Crippen molar-refractivity contribution in [3.05, 3.63) is 54.1 Å². The van der Waals surface area contributed by atoms with Gasteiger partial charge in [-0.15, -0.1) is 0 Å². The topological polar surface area (TPSA) is 237 Å². The SMILES string of the molecule is NC(CCC(=O)O)C(=O)NC(CO)C(=O)NC(Cc1ccccc1)C(=O)NC(Cc1cnc[nH]1)C(=O)O. The molecular formula is C23H30N6O8. The third kappa shape index (κ3) is 9.70. The molecule has 4 unspecified atom stereocenters. The Kier molecular flexibility index (Phi) is 11.2. The fraction of sp³-hybridized carbons (Fsp3) is 0.391. The first kappa shape index (κ1) is 28.9. The standard InChI is InChI=1S/C23H30N6O8/c24-15(6-7-19(31)32)20(33)29-18(11-30)22(35)27-16(8-13-4-2-1-3-5-13)21(34)28-17(23(36)37)9-14-10-25-12-26-14/h1-5,10,12,15-18,30H,6-9,11,24H2,(H,25,26)(H,27,35)(H,28,34)(H,29,33)(H,31,32)(H,36,37). The van der Waals surface area contributed by atoms with Gasteiger partial charge in [0.2, 0.25) is 17.7 Å². The summed E-state index contributed by atoms with van der Waals surface area (Å²) in [4.78, 5) is 67.2. The highest BCUT2D eigenvalue weighted by Crippen LogP contribution is 2.06. The number of benzene rings is 1. The number of carboxylic acid groups (broad SMARTS) is 2. The number of carbonyl (C=O) groups excluding carboxylic acids is 3. The Labute approximate surface area is 211 Å². The average molecular weight is 519 g/mol. The first-order chi connectivity index (χ1) is 17.6. The van der Waals surface area contributed by atoms with Crippen LogP contribution in [0.15, 0.2) is 42.9 Å². The number of nitrogens with zero attached hydrogens (tertiary/aromatic N) is 1. The lowest BCUT2D eigenvalue weighted by Gasteiger charge is -2.24. The molecule has 1 aromatic carbocycles. The van der Waals surface area contributed by atoms with Gasteiger partial charge in [-0.05, 0) is 12.0 Å². The van der Waals surface area contributed by atoms with E-state index in [1.54, 1.807) is 30.3 Å². The van der Waals surface area contributed by atoms with Crippen molar-refractivity contribution in [2.45, 2.75) is 49.9 Å². The van der Waals surface area contributed by atoms with E-state index in [0.717, 1.165) is 0 Å². The lowest BCUT2D eigenvalue weighted by atomic mass is 10.0. The zero-order chi connectivity index (χ0) is 27.4. The van der Waals surface area contributed by atoms with Crippen molar-refractivity contribution in [1.29, 1.82) is 0 Å². The van der Waals surface area contributed by atoms with Crippen LogP contribution < -0.4 is 21.7 Å². The molecule has 0 saturated heterocycles.